The van der Waals surface area contributed by atoms with Gasteiger partial charge >= 0.3 is 5.97 Å². The molecule has 2 rings (SSSR count). The SMILES string of the molecule is C[C@@H](CCF)C(=O)Oc1ccc(-c2ccccc2)cc1F. The molecule has 0 radical (unpaired) electrons. The molecule has 0 amide bonds. The molecule has 0 aliphatic rings. The van der Waals surface area contributed by atoms with Crippen LogP contribution in [0.5, 0.6) is 5.75 Å². The lowest BCUT2D eigenvalue weighted by Crippen LogP contribution is -2.18. The molecular weight excluding hydrogens is 274 g/mol. The Kier molecular flexibility index (Phi) is 5.04. The first-order valence-corrected chi connectivity index (χ1v) is 6.74. The average Bonchev–Trinajstić information content (AvgIpc) is 2.50. The fraction of sp³-hybridized carbons (Fsp3) is 0.235. The van der Waals surface area contributed by atoms with Crippen molar-refractivity contribution in [2.45, 2.75) is 13.3 Å². The smallest absolute Gasteiger partial charge is 0.314 e. The summed E-state index contributed by atoms with van der Waals surface area (Å²) in [5, 5.41) is 0. The maximum Gasteiger partial charge on any atom is 0.314 e. The largest absolute Gasteiger partial charge is 0.423 e. The van der Waals surface area contributed by atoms with E-state index in [0.717, 1.165) is 5.56 Å². The molecule has 0 spiro atoms. The second-order valence-electron chi connectivity index (χ2n) is 4.81. The quantitative estimate of drug-likeness (QED) is 0.603. The predicted molar refractivity (Wildman–Crippen MR) is 77.2 cm³/mol. The second kappa shape index (κ2) is 6.97. The van der Waals surface area contributed by atoms with Gasteiger partial charge in [-0.2, -0.15) is 0 Å². The first kappa shape index (κ1) is 15.2. The number of carbonyl (C=O) groups excluding carboxylic acids is 1. The first-order chi connectivity index (χ1) is 10.1. The molecule has 1 atom stereocenters. The van der Waals surface area contributed by atoms with Crippen LogP contribution in [0.4, 0.5) is 8.78 Å². The summed E-state index contributed by atoms with van der Waals surface area (Å²) in [6.07, 6.45) is 0.0720. The molecule has 0 saturated heterocycles. The van der Waals surface area contributed by atoms with E-state index in [1.165, 1.54) is 12.1 Å². The van der Waals surface area contributed by atoms with Gasteiger partial charge in [0.1, 0.15) is 0 Å². The summed E-state index contributed by atoms with van der Waals surface area (Å²) < 4.78 is 31.1. The molecule has 0 aliphatic carbocycles. The number of hydrogen-bond donors (Lipinski definition) is 0. The monoisotopic (exact) mass is 290 g/mol. The van der Waals surface area contributed by atoms with Crippen molar-refractivity contribution in [2.75, 3.05) is 6.67 Å². The standard InChI is InChI=1S/C17H16F2O2/c1-12(9-10-18)17(20)21-16-8-7-14(11-15(16)19)13-5-3-2-4-6-13/h2-8,11-12H,9-10H2,1H3/t12-/m0/s1. The number of halogens is 2. The van der Waals surface area contributed by atoms with Gasteiger partial charge in [0.15, 0.2) is 11.6 Å². The highest BCUT2D eigenvalue weighted by atomic mass is 19.1. The Morgan fingerprint density at radius 3 is 2.48 bits per heavy atom. The van der Waals surface area contributed by atoms with Gasteiger partial charge in [0.2, 0.25) is 0 Å². The number of hydrogen-bond acceptors (Lipinski definition) is 2. The van der Waals surface area contributed by atoms with E-state index in [0.29, 0.717) is 5.56 Å². The van der Waals surface area contributed by atoms with Crippen LogP contribution in [0.15, 0.2) is 48.5 Å². The topological polar surface area (TPSA) is 26.3 Å². The van der Waals surface area contributed by atoms with Crippen LogP contribution >= 0.6 is 0 Å². The Balaban J connectivity index is 2.15. The molecule has 0 heterocycles. The fourth-order valence-corrected chi connectivity index (χ4v) is 1.88. The van der Waals surface area contributed by atoms with E-state index in [-0.39, 0.29) is 12.2 Å². The zero-order valence-electron chi connectivity index (χ0n) is 11.7. The van der Waals surface area contributed by atoms with E-state index in [1.807, 2.05) is 30.3 Å². The van der Waals surface area contributed by atoms with E-state index in [9.17, 15) is 13.6 Å². The molecule has 0 aliphatic heterocycles. The third kappa shape index (κ3) is 3.88. The molecule has 0 aromatic heterocycles. The third-order valence-corrected chi connectivity index (χ3v) is 3.19. The molecule has 21 heavy (non-hydrogen) atoms. The maximum absolute atomic E-state index is 14.0. The van der Waals surface area contributed by atoms with Gasteiger partial charge in [-0.3, -0.25) is 9.18 Å². The molecule has 0 unspecified atom stereocenters. The van der Waals surface area contributed by atoms with Crippen molar-refractivity contribution in [3.05, 3.63) is 54.3 Å². The summed E-state index contributed by atoms with van der Waals surface area (Å²) in [7, 11) is 0. The van der Waals surface area contributed by atoms with Crippen LogP contribution in [0.2, 0.25) is 0 Å². The summed E-state index contributed by atoms with van der Waals surface area (Å²) in [5.41, 5.74) is 1.57. The van der Waals surface area contributed by atoms with Crippen molar-refractivity contribution in [1.29, 1.82) is 0 Å². The number of alkyl halides is 1. The highest BCUT2D eigenvalue weighted by Gasteiger charge is 2.17. The van der Waals surface area contributed by atoms with Crippen LogP contribution in [0, 0.1) is 11.7 Å². The van der Waals surface area contributed by atoms with Gasteiger partial charge in [-0.05, 0) is 29.7 Å². The van der Waals surface area contributed by atoms with Crippen LogP contribution in [-0.2, 0) is 4.79 Å². The molecule has 0 N–H and O–H groups in total. The van der Waals surface area contributed by atoms with E-state index >= 15 is 0 Å². The molecular formula is C17H16F2O2. The Bertz CT molecular complexity index is 611. The third-order valence-electron chi connectivity index (χ3n) is 3.19. The predicted octanol–water partition coefficient (Wildman–Crippen LogP) is 4.39. The molecule has 4 heteroatoms. The molecule has 2 aromatic rings. The van der Waals surface area contributed by atoms with Gasteiger partial charge in [0.25, 0.3) is 0 Å². The lowest BCUT2D eigenvalue weighted by Gasteiger charge is -2.11. The van der Waals surface area contributed by atoms with Gasteiger partial charge < -0.3 is 4.74 Å². The van der Waals surface area contributed by atoms with Crippen molar-refractivity contribution in [2.24, 2.45) is 5.92 Å². The highest BCUT2D eigenvalue weighted by Crippen LogP contribution is 2.26. The minimum absolute atomic E-state index is 0.0720. The van der Waals surface area contributed by atoms with Crippen molar-refractivity contribution >= 4 is 5.97 Å². The zero-order chi connectivity index (χ0) is 15.2. The van der Waals surface area contributed by atoms with Crippen LogP contribution < -0.4 is 4.74 Å². The van der Waals surface area contributed by atoms with E-state index in [2.05, 4.69) is 0 Å². The molecule has 2 nitrogen and oxygen atoms in total. The van der Waals surface area contributed by atoms with Crippen LogP contribution in [0.25, 0.3) is 11.1 Å². The number of esters is 1. The maximum atomic E-state index is 14.0. The fourth-order valence-electron chi connectivity index (χ4n) is 1.88. The Morgan fingerprint density at radius 2 is 1.86 bits per heavy atom. The van der Waals surface area contributed by atoms with Crippen molar-refractivity contribution in [3.63, 3.8) is 0 Å². The number of benzene rings is 2. The Hall–Kier alpha value is -2.23. The summed E-state index contributed by atoms with van der Waals surface area (Å²) >= 11 is 0. The van der Waals surface area contributed by atoms with Crippen LogP contribution in [0.3, 0.4) is 0 Å². The second-order valence-corrected chi connectivity index (χ2v) is 4.81. The molecule has 110 valence electrons. The van der Waals surface area contributed by atoms with E-state index < -0.39 is 24.4 Å². The van der Waals surface area contributed by atoms with E-state index in [1.54, 1.807) is 13.0 Å². The number of carbonyl (C=O) groups is 1. The summed E-state index contributed by atoms with van der Waals surface area (Å²) in [6, 6.07) is 13.7. The minimum Gasteiger partial charge on any atom is -0.423 e. The van der Waals surface area contributed by atoms with Crippen LogP contribution in [0.1, 0.15) is 13.3 Å². The molecule has 2 aromatic carbocycles. The minimum atomic E-state index is -0.626. The highest BCUT2D eigenvalue weighted by molar-refractivity contribution is 5.75. The lowest BCUT2D eigenvalue weighted by molar-refractivity contribution is -0.138. The summed E-state index contributed by atoms with van der Waals surface area (Å²) in [5.74, 6) is -1.97. The van der Waals surface area contributed by atoms with Gasteiger partial charge in [-0.1, -0.05) is 43.3 Å². The van der Waals surface area contributed by atoms with Crippen molar-refractivity contribution in [1.82, 2.24) is 0 Å². The van der Waals surface area contributed by atoms with Crippen LogP contribution in [-0.4, -0.2) is 12.6 Å². The lowest BCUT2D eigenvalue weighted by atomic mass is 10.1. The van der Waals surface area contributed by atoms with Crippen molar-refractivity contribution < 1.29 is 18.3 Å². The zero-order valence-corrected chi connectivity index (χ0v) is 11.7. The van der Waals surface area contributed by atoms with Crippen molar-refractivity contribution in [3.8, 4) is 16.9 Å². The Morgan fingerprint density at radius 1 is 1.14 bits per heavy atom. The van der Waals surface area contributed by atoms with Gasteiger partial charge in [-0.25, -0.2) is 4.39 Å². The first-order valence-electron chi connectivity index (χ1n) is 6.74. The van der Waals surface area contributed by atoms with Gasteiger partial charge in [0.05, 0.1) is 12.6 Å². The molecule has 0 fully saturated rings. The number of rotatable bonds is 5. The molecule has 0 saturated carbocycles. The Labute approximate surface area is 122 Å². The van der Waals surface area contributed by atoms with E-state index in [4.69, 9.17) is 4.74 Å². The molecule has 0 bridgehead atoms. The normalized spacial score (nSPS) is 12.0. The summed E-state index contributed by atoms with van der Waals surface area (Å²) in [4.78, 5) is 11.7. The average molecular weight is 290 g/mol. The van der Waals surface area contributed by atoms with Gasteiger partial charge in [0, 0.05) is 0 Å². The number of ether oxygens (including phenoxy) is 1. The summed E-state index contributed by atoms with van der Waals surface area (Å²) in [6.45, 7) is 0.948. The van der Waals surface area contributed by atoms with Gasteiger partial charge in [-0.15, -0.1) is 0 Å².